The highest BCUT2D eigenvalue weighted by atomic mass is 32.1. The number of hydrogen-bond donors (Lipinski definition) is 1. The van der Waals surface area contributed by atoms with E-state index < -0.39 is 5.97 Å². The maximum atomic E-state index is 11.0. The SMILES string of the molecule is CC#CC(CC(=O)O)c1ccc(OCc2csc(-c3ccc(OC)c(OC)c3)n2)cc1. The lowest BCUT2D eigenvalue weighted by Gasteiger charge is -2.10. The second-order valence-corrected chi connectivity index (χ2v) is 7.47. The molecule has 0 aliphatic heterocycles. The van der Waals surface area contributed by atoms with Crippen molar-refractivity contribution in [2.75, 3.05) is 14.2 Å². The smallest absolute Gasteiger partial charge is 0.304 e. The number of rotatable bonds is 9. The van der Waals surface area contributed by atoms with Gasteiger partial charge in [-0.25, -0.2) is 4.98 Å². The summed E-state index contributed by atoms with van der Waals surface area (Å²) in [6.45, 7) is 2.03. The summed E-state index contributed by atoms with van der Waals surface area (Å²) in [6, 6.07) is 13.0. The first-order valence-electron chi connectivity index (χ1n) is 9.57. The van der Waals surface area contributed by atoms with Crippen LogP contribution in [0.25, 0.3) is 10.6 Å². The van der Waals surface area contributed by atoms with Gasteiger partial charge < -0.3 is 19.3 Å². The fraction of sp³-hybridized carbons (Fsp3) is 0.250. The Hall–Kier alpha value is -3.50. The number of aromatic nitrogens is 1. The van der Waals surface area contributed by atoms with E-state index in [0.29, 0.717) is 23.9 Å². The van der Waals surface area contributed by atoms with Gasteiger partial charge in [0.25, 0.3) is 0 Å². The van der Waals surface area contributed by atoms with Gasteiger partial charge >= 0.3 is 5.97 Å². The minimum atomic E-state index is -0.873. The Kier molecular flexibility index (Phi) is 7.52. The molecule has 1 atom stereocenters. The zero-order valence-electron chi connectivity index (χ0n) is 17.5. The molecular formula is C24H23NO5S. The van der Waals surface area contributed by atoms with Crippen LogP contribution in [0, 0.1) is 11.8 Å². The van der Waals surface area contributed by atoms with Crippen LogP contribution in [0.15, 0.2) is 47.8 Å². The fourth-order valence-corrected chi connectivity index (χ4v) is 3.83. The third-order valence-electron chi connectivity index (χ3n) is 4.55. The summed E-state index contributed by atoms with van der Waals surface area (Å²) in [7, 11) is 3.21. The number of aliphatic carboxylic acids is 1. The molecule has 0 spiro atoms. The molecule has 2 aromatic carbocycles. The standard InChI is InChI=1S/C24H23NO5S/c1-4-5-17(13-23(26)27)16-6-9-20(10-7-16)30-14-19-15-31-24(25-19)18-8-11-21(28-2)22(12-18)29-3/h6-12,15,17H,13-14H2,1-3H3,(H,26,27). The van der Waals surface area contributed by atoms with E-state index in [9.17, 15) is 4.79 Å². The minimum absolute atomic E-state index is 0.0290. The fourth-order valence-electron chi connectivity index (χ4n) is 3.03. The maximum Gasteiger partial charge on any atom is 0.304 e. The Balaban J connectivity index is 1.65. The summed E-state index contributed by atoms with van der Waals surface area (Å²) in [5, 5.41) is 11.9. The summed E-state index contributed by atoms with van der Waals surface area (Å²) in [4.78, 5) is 15.7. The number of benzene rings is 2. The molecule has 1 heterocycles. The molecule has 1 aromatic heterocycles. The van der Waals surface area contributed by atoms with Crippen LogP contribution in [0.2, 0.25) is 0 Å². The molecule has 31 heavy (non-hydrogen) atoms. The van der Waals surface area contributed by atoms with Crippen LogP contribution in [0.5, 0.6) is 17.2 Å². The number of thiazole rings is 1. The lowest BCUT2D eigenvalue weighted by Crippen LogP contribution is -2.04. The first-order valence-corrected chi connectivity index (χ1v) is 10.5. The van der Waals surface area contributed by atoms with Crippen molar-refractivity contribution < 1.29 is 24.1 Å². The quantitative estimate of drug-likeness (QED) is 0.475. The molecular weight excluding hydrogens is 414 g/mol. The Morgan fingerprint density at radius 2 is 1.87 bits per heavy atom. The van der Waals surface area contributed by atoms with Gasteiger partial charge in [0, 0.05) is 10.9 Å². The third-order valence-corrected chi connectivity index (χ3v) is 5.49. The first-order chi connectivity index (χ1) is 15.0. The van der Waals surface area contributed by atoms with Crippen molar-refractivity contribution in [2.45, 2.75) is 25.9 Å². The summed E-state index contributed by atoms with van der Waals surface area (Å²) in [6.07, 6.45) is -0.0290. The molecule has 160 valence electrons. The van der Waals surface area contributed by atoms with Gasteiger partial charge in [-0.1, -0.05) is 18.1 Å². The van der Waals surface area contributed by atoms with Crippen LogP contribution in [0.4, 0.5) is 0 Å². The monoisotopic (exact) mass is 437 g/mol. The Labute approximate surface area is 185 Å². The highest BCUT2D eigenvalue weighted by molar-refractivity contribution is 7.13. The van der Waals surface area contributed by atoms with Crippen LogP contribution in [-0.4, -0.2) is 30.3 Å². The number of carbonyl (C=O) groups is 1. The average molecular weight is 438 g/mol. The van der Waals surface area contributed by atoms with Gasteiger partial charge in [-0.3, -0.25) is 4.79 Å². The van der Waals surface area contributed by atoms with Crippen molar-refractivity contribution in [2.24, 2.45) is 0 Å². The molecule has 0 amide bonds. The molecule has 1 N–H and O–H groups in total. The van der Waals surface area contributed by atoms with Crippen molar-refractivity contribution >= 4 is 17.3 Å². The van der Waals surface area contributed by atoms with Crippen LogP contribution < -0.4 is 14.2 Å². The largest absolute Gasteiger partial charge is 0.493 e. The number of carboxylic acid groups (broad SMARTS) is 1. The van der Waals surface area contributed by atoms with Crippen molar-refractivity contribution in [1.82, 2.24) is 4.98 Å². The van der Waals surface area contributed by atoms with E-state index >= 15 is 0 Å². The van der Waals surface area contributed by atoms with E-state index in [-0.39, 0.29) is 12.3 Å². The van der Waals surface area contributed by atoms with Gasteiger partial charge in [0.2, 0.25) is 0 Å². The zero-order chi connectivity index (χ0) is 22.2. The average Bonchev–Trinajstić information content (AvgIpc) is 3.26. The van der Waals surface area contributed by atoms with Gasteiger partial charge in [0.15, 0.2) is 11.5 Å². The predicted octanol–water partition coefficient (Wildman–Crippen LogP) is 4.99. The van der Waals surface area contributed by atoms with E-state index in [1.807, 2.05) is 47.8 Å². The van der Waals surface area contributed by atoms with E-state index in [0.717, 1.165) is 21.8 Å². The zero-order valence-corrected chi connectivity index (χ0v) is 18.4. The van der Waals surface area contributed by atoms with E-state index in [4.69, 9.17) is 19.3 Å². The number of hydrogen-bond acceptors (Lipinski definition) is 6. The minimum Gasteiger partial charge on any atom is -0.493 e. The van der Waals surface area contributed by atoms with Crippen molar-refractivity contribution in [1.29, 1.82) is 0 Å². The molecule has 0 fully saturated rings. The lowest BCUT2D eigenvalue weighted by molar-refractivity contribution is -0.137. The maximum absolute atomic E-state index is 11.0. The van der Waals surface area contributed by atoms with E-state index in [1.165, 1.54) is 11.3 Å². The highest BCUT2D eigenvalue weighted by Crippen LogP contribution is 2.33. The second-order valence-electron chi connectivity index (χ2n) is 6.62. The normalized spacial score (nSPS) is 11.2. The Morgan fingerprint density at radius 1 is 1.13 bits per heavy atom. The van der Waals surface area contributed by atoms with Crippen LogP contribution >= 0.6 is 11.3 Å². The molecule has 0 saturated carbocycles. The Bertz CT molecular complexity index is 1100. The van der Waals surface area contributed by atoms with Crippen molar-refractivity contribution in [3.05, 3.63) is 59.1 Å². The molecule has 0 saturated heterocycles. The number of ether oxygens (including phenoxy) is 3. The van der Waals surface area contributed by atoms with Gasteiger partial charge in [-0.2, -0.15) is 0 Å². The van der Waals surface area contributed by atoms with Gasteiger partial charge in [0.1, 0.15) is 17.4 Å². The molecule has 0 aliphatic carbocycles. The topological polar surface area (TPSA) is 77.9 Å². The molecule has 7 heteroatoms. The number of carboxylic acids is 1. The van der Waals surface area contributed by atoms with E-state index in [1.54, 1.807) is 21.1 Å². The summed E-state index contributed by atoms with van der Waals surface area (Å²) in [5.74, 6) is 6.54. The van der Waals surface area contributed by atoms with Gasteiger partial charge in [-0.05, 0) is 42.8 Å². The Morgan fingerprint density at radius 3 is 2.52 bits per heavy atom. The molecule has 0 aliphatic rings. The molecule has 6 nitrogen and oxygen atoms in total. The second kappa shape index (κ2) is 10.5. The first kappa shape index (κ1) is 22.2. The molecule has 0 radical (unpaired) electrons. The van der Waals surface area contributed by atoms with Crippen LogP contribution in [-0.2, 0) is 11.4 Å². The third kappa shape index (κ3) is 5.77. The molecule has 3 aromatic rings. The number of methoxy groups -OCH3 is 2. The summed E-state index contributed by atoms with van der Waals surface area (Å²) >= 11 is 1.53. The van der Waals surface area contributed by atoms with Crippen molar-refractivity contribution in [3.8, 4) is 39.7 Å². The predicted molar refractivity (Wildman–Crippen MR) is 120 cm³/mol. The molecule has 0 bridgehead atoms. The highest BCUT2D eigenvalue weighted by Gasteiger charge is 2.13. The van der Waals surface area contributed by atoms with Crippen molar-refractivity contribution in [3.63, 3.8) is 0 Å². The summed E-state index contributed by atoms with van der Waals surface area (Å²) < 4.78 is 16.5. The van der Waals surface area contributed by atoms with E-state index in [2.05, 4.69) is 16.8 Å². The lowest BCUT2D eigenvalue weighted by atomic mass is 9.96. The van der Waals surface area contributed by atoms with Crippen LogP contribution in [0.1, 0.15) is 30.5 Å². The van der Waals surface area contributed by atoms with Crippen LogP contribution in [0.3, 0.4) is 0 Å². The summed E-state index contributed by atoms with van der Waals surface area (Å²) in [5.41, 5.74) is 2.62. The van der Waals surface area contributed by atoms with Gasteiger partial charge in [0.05, 0.1) is 32.3 Å². The molecule has 3 rings (SSSR count). The van der Waals surface area contributed by atoms with Gasteiger partial charge in [-0.15, -0.1) is 17.3 Å². The number of nitrogens with zero attached hydrogens (tertiary/aromatic N) is 1. The molecule has 1 unspecified atom stereocenters.